The molecule has 1 fully saturated rings. The van der Waals surface area contributed by atoms with Gasteiger partial charge in [-0.05, 0) is 31.2 Å². The second-order valence-corrected chi connectivity index (χ2v) is 6.38. The van der Waals surface area contributed by atoms with Crippen molar-refractivity contribution in [2.45, 2.75) is 31.4 Å². The molecule has 1 N–H and O–H groups in total. The Hall–Kier alpha value is -2.76. The fourth-order valence-electron chi connectivity index (χ4n) is 3.87. The van der Waals surface area contributed by atoms with E-state index < -0.39 is 17.7 Å². The van der Waals surface area contributed by atoms with E-state index in [9.17, 15) is 14.7 Å². The molecule has 2 atom stereocenters. The lowest BCUT2D eigenvalue weighted by molar-refractivity contribution is -0.127. The summed E-state index contributed by atoms with van der Waals surface area (Å²) in [5, 5.41) is 9.39. The Labute approximate surface area is 139 Å². The molecule has 0 saturated carbocycles. The molecule has 2 aliphatic rings. The number of para-hydroxylation sites is 2. The number of carbonyl (C=O) groups is 2. The smallest absolute Gasteiger partial charge is 0.407 e. The second-order valence-electron chi connectivity index (χ2n) is 6.38. The second kappa shape index (κ2) is 5.12. The van der Waals surface area contributed by atoms with Gasteiger partial charge in [0.2, 0.25) is 0 Å². The first kappa shape index (κ1) is 14.8. The molecular weight excluding hydrogens is 308 g/mol. The van der Waals surface area contributed by atoms with Crippen LogP contribution in [0.4, 0.5) is 4.79 Å². The van der Waals surface area contributed by atoms with Gasteiger partial charge in [-0.2, -0.15) is 0 Å². The molecule has 1 unspecified atom stereocenters. The molecule has 1 aromatic carbocycles. The maximum Gasteiger partial charge on any atom is 0.407 e. The summed E-state index contributed by atoms with van der Waals surface area (Å²) in [6.07, 6.45) is 1.76. The number of Topliss-reactive ketones (excluding diaryl/α,β-unsaturated/α-hetero) is 1. The van der Waals surface area contributed by atoms with E-state index >= 15 is 0 Å². The topological polar surface area (TPSA) is 71.8 Å². The summed E-state index contributed by atoms with van der Waals surface area (Å²) in [5.41, 5.74) is 1.25. The summed E-state index contributed by atoms with van der Waals surface area (Å²) < 4.78 is 8.44. The van der Waals surface area contributed by atoms with Gasteiger partial charge >= 0.3 is 6.09 Å². The first-order chi connectivity index (χ1) is 11.5. The fraction of sp³-hybridized carbons (Fsp3) is 0.333. The average Bonchev–Trinajstić information content (AvgIpc) is 3.05. The van der Waals surface area contributed by atoms with Gasteiger partial charge in [0.15, 0.2) is 11.4 Å². The molecule has 2 aromatic rings. The summed E-state index contributed by atoms with van der Waals surface area (Å²) in [4.78, 5) is 24.8. The zero-order chi connectivity index (χ0) is 16.9. The fourth-order valence-corrected chi connectivity index (χ4v) is 3.87. The quantitative estimate of drug-likeness (QED) is 0.875. The number of hydrogen-bond acceptors (Lipinski definition) is 3. The maximum atomic E-state index is 12.1. The molecule has 0 bridgehead atoms. The van der Waals surface area contributed by atoms with Gasteiger partial charge in [0.25, 0.3) is 0 Å². The highest BCUT2D eigenvalue weighted by Crippen LogP contribution is 2.46. The van der Waals surface area contributed by atoms with E-state index in [2.05, 4.69) is 4.57 Å². The molecule has 24 heavy (non-hydrogen) atoms. The minimum absolute atomic E-state index is 0.156. The van der Waals surface area contributed by atoms with E-state index in [1.807, 2.05) is 42.6 Å². The van der Waals surface area contributed by atoms with Crippen LogP contribution in [0, 0.1) is 0 Å². The maximum absolute atomic E-state index is 12.1. The van der Waals surface area contributed by atoms with E-state index in [1.54, 1.807) is 0 Å². The van der Waals surface area contributed by atoms with Crippen molar-refractivity contribution in [3.8, 4) is 11.4 Å². The Bertz CT molecular complexity index is 828. The van der Waals surface area contributed by atoms with E-state index in [0.29, 0.717) is 12.8 Å². The van der Waals surface area contributed by atoms with Crippen LogP contribution >= 0.6 is 0 Å². The number of ether oxygens (including phenoxy) is 1. The number of ketones is 1. The van der Waals surface area contributed by atoms with Crippen molar-refractivity contribution >= 4 is 11.9 Å². The lowest BCUT2D eigenvalue weighted by Gasteiger charge is -2.47. The van der Waals surface area contributed by atoms with Gasteiger partial charge in [-0.1, -0.05) is 12.1 Å². The van der Waals surface area contributed by atoms with Gasteiger partial charge in [-0.25, -0.2) is 4.79 Å². The van der Waals surface area contributed by atoms with Crippen LogP contribution in [0.5, 0.6) is 5.75 Å². The molecule has 1 amide bonds. The highest BCUT2D eigenvalue weighted by atomic mass is 16.5. The number of piperidine rings is 1. The lowest BCUT2D eigenvalue weighted by atomic mass is 9.81. The predicted octanol–water partition coefficient (Wildman–Crippen LogP) is 2.80. The first-order valence-electron chi connectivity index (χ1n) is 7.98. The van der Waals surface area contributed by atoms with Crippen LogP contribution in [0.25, 0.3) is 5.69 Å². The third-order valence-electron chi connectivity index (χ3n) is 5.02. The summed E-state index contributed by atoms with van der Waals surface area (Å²) >= 11 is 0. The zero-order valence-electron chi connectivity index (χ0n) is 13.3. The molecule has 6 nitrogen and oxygen atoms in total. The van der Waals surface area contributed by atoms with Gasteiger partial charge in [0, 0.05) is 25.6 Å². The van der Waals surface area contributed by atoms with Crippen molar-refractivity contribution in [3.05, 3.63) is 48.3 Å². The van der Waals surface area contributed by atoms with Crippen molar-refractivity contribution in [1.82, 2.24) is 9.47 Å². The number of aromatic nitrogens is 1. The standard InChI is InChI=1S/C18H18N2O4/c1-12(21)14-11-18(8-10-20(14)17(22)23)16-7-4-9-19(16)13-5-2-3-6-15(13)24-18/h2-7,9,14H,8,10-11H2,1H3,(H,22,23)/t14?,18-/m1/s1. The van der Waals surface area contributed by atoms with E-state index in [-0.39, 0.29) is 12.3 Å². The Morgan fingerprint density at radius 2 is 2.04 bits per heavy atom. The molecule has 1 spiro atoms. The normalized spacial score (nSPS) is 24.9. The molecule has 3 heterocycles. The third kappa shape index (κ3) is 2.02. The van der Waals surface area contributed by atoms with Crippen molar-refractivity contribution in [2.24, 2.45) is 0 Å². The Kier molecular flexibility index (Phi) is 3.16. The number of hydrogen-bond donors (Lipinski definition) is 1. The Balaban J connectivity index is 1.80. The highest BCUT2D eigenvalue weighted by Gasteiger charge is 2.49. The number of carboxylic acid groups (broad SMARTS) is 1. The number of nitrogens with zero attached hydrogens (tertiary/aromatic N) is 2. The van der Waals surface area contributed by atoms with Gasteiger partial charge in [-0.3, -0.25) is 9.69 Å². The average molecular weight is 326 g/mol. The largest absolute Gasteiger partial charge is 0.479 e. The Morgan fingerprint density at radius 3 is 2.79 bits per heavy atom. The molecular formula is C18H18N2O4. The molecule has 1 aromatic heterocycles. The van der Waals surface area contributed by atoms with Gasteiger partial charge < -0.3 is 14.4 Å². The summed E-state index contributed by atoms with van der Waals surface area (Å²) in [6.45, 7) is 1.71. The van der Waals surface area contributed by atoms with Crippen LogP contribution in [0.15, 0.2) is 42.6 Å². The number of rotatable bonds is 1. The molecule has 0 aliphatic carbocycles. The lowest BCUT2D eigenvalue weighted by Crippen LogP contribution is -2.56. The van der Waals surface area contributed by atoms with E-state index in [0.717, 1.165) is 17.1 Å². The molecule has 2 aliphatic heterocycles. The van der Waals surface area contributed by atoms with Crippen molar-refractivity contribution in [2.75, 3.05) is 6.54 Å². The third-order valence-corrected chi connectivity index (χ3v) is 5.02. The molecule has 6 heteroatoms. The SMILES string of the molecule is CC(=O)C1C[C@@]2(CCN1C(=O)O)Oc1ccccc1-n1cccc12. The number of likely N-dealkylation sites (tertiary alicyclic amines) is 1. The van der Waals surface area contributed by atoms with Crippen LogP contribution in [0.3, 0.4) is 0 Å². The molecule has 4 rings (SSSR count). The van der Waals surface area contributed by atoms with E-state index in [1.165, 1.54) is 11.8 Å². The van der Waals surface area contributed by atoms with Crippen LogP contribution in [0.2, 0.25) is 0 Å². The summed E-state index contributed by atoms with van der Waals surface area (Å²) in [7, 11) is 0. The van der Waals surface area contributed by atoms with Crippen molar-refractivity contribution in [1.29, 1.82) is 0 Å². The van der Waals surface area contributed by atoms with Crippen molar-refractivity contribution in [3.63, 3.8) is 0 Å². The molecule has 124 valence electrons. The summed E-state index contributed by atoms with van der Waals surface area (Å²) in [5.74, 6) is 0.601. The van der Waals surface area contributed by atoms with Crippen LogP contribution in [-0.4, -0.2) is 39.0 Å². The number of carbonyl (C=O) groups excluding carboxylic acids is 1. The minimum Gasteiger partial charge on any atom is -0.479 e. The van der Waals surface area contributed by atoms with E-state index in [4.69, 9.17) is 4.74 Å². The number of amides is 1. The highest BCUT2D eigenvalue weighted by molar-refractivity contribution is 5.85. The molecule has 0 radical (unpaired) electrons. The zero-order valence-corrected chi connectivity index (χ0v) is 13.3. The summed E-state index contributed by atoms with van der Waals surface area (Å²) in [6, 6.07) is 11.0. The van der Waals surface area contributed by atoms with Crippen LogP contribution < -0.4 is 4.74 Å². The van der Waals surface area contributed by atoms with Gasteiger partial charge in [-0.15, -0.1) is 0 Å². The van der Waals surface area contributed by atoms with Crippen molar-refractivity contribution < 1.29 is 19.4 Å². The molecule has 1 saturated heterocycles. The predicted molar refractivity (Wildman–Crippen MR) is 86.5 cm³/mol. The number of fused-ring (bicyclic) bond motifs is 4. The van der Waals surface area contributed by atoms with Crippen LogP contribution in [0.1, 0.15) is 25.5 Å². The minimum atomic E-state index is -1.06. The monoisotopic (exact) mass is 326 g/mol. The van der Waals surface area contributed by atoms with Gasteiger partial charge in [0.1, 0.15) is 5.75 Å². The van der Waals surface area contributed by atoms with Gasteiger partial charge in [0.05, 0.1) is 17.4 Å². The Morgan fingerprint density at radius 1 is 1.25 bits per heavy atom. The van der Waals surface area contributed by atoms with Crippen LogP contribution in [-0.2, 0) is 10.4 Å². The first-order valence-corrected chi connectivity index (χ1v) is 7.98. The number of benzene rings is 1.